The highest BCUT2D eigenvalue weighted by Crippen LogP contribution is 2.56. The number of nitrogens with one attached hydrogen (secondary N) is 2. The van der Waals surface area contributed by atoms with Crippen LogP contribution in [-0.4, -0.2) is 35.5 Å². The van der Waals surface area contributed by atoms with Crippen LogP contribution in [0, 0.1) is 17.7 Å². The molecule has 162 valence electrons. The summed E-state index contributed by atoms with van der Waals surface area (Å²) in [6, 6.07) is 10.6. The molecule has 6 rings (SSSR count). The molecular formula is C24H21F2N5O. The first kappa shape index (κ1) is 19.3. The van der Waals surface area contributed by atoms with Gasteiger partial charge in [-0.1, -0.05) is 24.3 Å². The molecule has 3 aliphatic rings. The standard InChI is InChI=1S/C24H21F2N5O/c25-17-8-14(7-13-5-6-29-23(32)18(13)17)20-22(27)31-21(26)19(30-20)12-1-3-15(4-2-12)24-9-16(24)10-28-11-24/h1-4,7-8,16,28H,5-6,9-11H2,(H2,27,31)(H,29,32)/t16-,24+/m1/s1. The first-order valence-electron chi connectivity index (χ1n) is 10.7. The van der Waals surface area contributed by atoms with Crippen LogP contribution in [0.3, 0.4) is 0 Å². The van der Waals surface area contributed by atoms with Crippen LogP contribution >= 0.6 is 0 Å². The van der Waals surface area contributed by atoms with Crippen molar-refractivity contribution < 1.29 is 13.6 Å². The number of benzene rings is 2. The number of halogens is 2. The molecule has 8 heteroatoms. The number of rotatable bonds is 3. The fourth-order valence-corrected chi connectivity index (χ4v) is 5.22. The largest absolute Gasteiger partial charge is 0.382 e. The molecule has 1 saturated carbocycles. The predicted molar refractivity (Wildman–Crippen MR) is 116 cm³/mol. The third-order valence-electron chi connectivity index (χ3n) is 7.03. The lowest BCUT2D eigenvalue weighted by atomic mass is 9.93. The van der Waals surface area contributed by atoms with Crippen molar-refractivity contribution in [2.24, 2.45) is 5.92 Å². The number of nitrogens with zero attached hydrogens (tertiary/aromatic N) is 2. The van der Waals surface area contributed by atoms with Crippen LogP contribution in [0.25, 0.3) is 22.5 Å². The predicted octanol–water partition coefficient (Wildman–Crippen LogP) is 2.82. The Balaban J connectivity index is 1.40. The molecule has 0 unspecified atom stereocenters. The number of carbonyl (C=O) groups is 1. The molecule has 0 bridgehead atoms. The smallest absolute Gasteiger partial charge is 0.254 e. The SMILES string of the molecule is Nc1nc(F)c(-c2ccc([C@]34CNC[C@H]3C4)cc2)nc1-c1cc(F)c2c(c1)CCNC2=O. The molecule has 0 spiro atoms. The summed E-state index contributed by atoms with van der Waals surface area (Å²) in [6.45, 7) is 2.44. The molecule has 3 aromatic rings. The van der Waals surface area contributed by atoms with Crippen LogP contribution in [0.4, 0.5) is 14.6 Å². The van der Waals surface area contributed by atoms with Gasteiger partial charge in [-0.15, -0.1) is 0 Å². The van der Waals surface area contributed by atoms with Crippen LogP contribution in [-0.2, 0) is 11.8 Å². The van der Waals surface area contributed by atoms with Gasteiger partial charge in [0.25, 0.3) is 5.91 Å². The van der Waals surface area contributed by atoms with Gasteiger partial charge in [-0.3, -0.25) is 4.79 Å². The number of fused-ring (bicyclic) bond motifs is 2. The molecule has 2 aliphatic heterocycles. The van der Waals surface area contributed by atoms with Gasteiger partial charge in [0, 0.05) is 29.6 Å². The van der Waals surface area contributed by atoms with Crippen molar-refractivity contribution in [2.45, 2.75) is 18.3 Å². The van der Waals surface area contributed by atoms with E-state index in [0.29, 0.717) is 35.6 Å². The summed E-state index contributed by atoms with van der Waals surface area (Å²) in [5.74, 6) is -1.33. The molecule has 0 radical (unpaired) electrons. The second kappa shape index (κ2) is 6.80. The summed E-state index contributed by atoms with van der Waals surface area (Å²) in [5, 5.41) is 6.06. The molecule has 1 aromatic heterocycles. The topological polar surface area (TPSA) is 92.9 Å². The molecule has 1 aliphatic carbocycles. The Morgan fingerprint density at radius 2 is 1.88 bits per heavy atom. The highest BCUT2D eigenvalue weighted by molar-refractivity contribution is 5.97. The van der Waals surface area contributed by atoms with E-state index in [1.54, 1.807) is 6.07 Å². The van der Waals surface area contributed by atoms with Gasteiger partial charge in [-0.2, -0.15) is 9.37 Å². The van der Waals surface area contributed by atoms with E-state index < -0.39 is 17.7 Å². The summed E-state index contributed by atoms with van der Waals surface area (Å²) < 4.78 is 29.4. The molecular weight excluding hydrogens is 412 g/mol. The molecule has 1 saturated heterocycles. The first-order chi connectivity index (χ1) is 15.5. The van der Waals surface area contributed by atoms with Crippen molar-refractivity contribution in [3.63, 3.8) is 0 Å². The molecule has 4 N–H and O–H groups in total. The van der Waals surface area contributed by atoms with Gasteiger partial charge in [0.2, 0.25) is 5.95 Å². The lowest BCUT2D eigenvalue weighted by molar-refractivity contribution is 0.0941. The maximum Gasteiger partial charge on any atom is 0.254 e. The number of carbonyl (C=O) groups excluding carboxylic acids is 1. The zero-order chi connectivity index (χ0) is 22.0. The average molecular weight is 433 g/mol. The van der Waals surface area contributed by atoms with Crippen molar-refractivity contribution in [3.05, 3.63) is 64.9 Å². The highest BCUT2D eigenvalue weighted by atomic mass is 19.1. The molecule has 2 atom stereocenters. The van der Waals surface area contributed by atoms with Crippen molar-refractivity contribution in [3.8, 4) is 22.5 Å². The number of amides is 1. The highest BCUT2D eigenvalue weighted by Gasteiger charge is 2.57. The van der Waals surface area contributed by atoms with E-state index in [-0.39, 0.29) is 28.2 Å². The summed E-state index contributed by atoms with van der Waals surface area (Å²) in [6.07, 6.45) is 1.67. The Hall–Kier alpha value is -3.39. The lowest BCUT2D eigenvalue weighted by Crippen LogP contribution is -2.32. The van der Waals surface area contributed by atoms with Crippen LogP contribution in [0.15, 0.2) is 36.4 Å². The van der Waals surface area contributed by atoms with Gasteiger partial charge in [0.05, 0.1) is 5.56 Å². The molecule has 1 amide bonds. The van der Waals surface area contributed by atoms with E-state index in [4.69, 9.17) is 5.73 Å². The number of anilines is 1. The van der Waals surface area contributed by atoms with E-state index in [9.17, 15) is 13.6 Å². The van der Waals surface area contributed by atoms with E-state index in [0.717, 1.165) is 13.1 Å². The van der Waals surface area contributed by atoms with Crippen molar-refractivity contribution in [1.29, 1.82) is 0 Å². The minimum absolute atomic E-state index is 0.0311. The van der Waals surface area contributed by atoms with Crippen LogP contribution in [0.2, 0.25) is 0 Å². The van der Waals surface area contributed by atoms with Gasteiger partial charge in [0.1, 0.15) is 17.2 Å². The second-order valence-electron chi connectivity index (χ2n) is 8.86. The summed E-state index contributed by atoms with van der Waals surface area (Å²) in [4.78, 5) is 20.3. The Labute approximate surface area is 183 Å². The maximum atomic E-state index is 14.7. The van der Waals surface area contributed by atoms with E-state index in [1.807, 2.05) is 24.3 Å². The third-order valence-corrected chi connectivity index (χ3v) is 7.03. The summed E-state index contributed by atoms with van der Waals surface area (Å²) in [5.41, 5.74) is 9.23. The van der Waals surface area contributed by atoms with Crippen LogP contribution in [0.1, 0.15) is 27.9 Å². The van der Waals surface area contributed by atoms with Crippen LogP contribution < -0.4 is 16.4 Å². The number of hydrogen-bond donors (Lipinski definition) is 3. The second-order valence-corrected chi connectivity index (χ2v) is 8.86. The maximum absolute atomic E-state index is 14.7. The van der Waals surface area contributed by atoms with E-state index in [1.165, 1.54) is 18.1 Å². The van der Waals surface area contributed by atoms with Crippen molar-refractivity contribution in [1.82, 2.24) is 20.6 Å². The monoisotopic (exact) mass is 433 g/mol. The van der Waals surface area contributed by atoms with Gasteiger partial charge in [0.15, 0.2) is 5.82 Å². The zero-order valence-electron chi connectivity index (χ0n) is 17.2. The van der Waals surface area contributed by atoms with Crippen LogP contribution in [0.5, 0.6) is 0 Å². The minimum atomic E-state index is -0.776. The third kappa shape index (κ3) is 2.82. The number of nitrogens with two attached hydrogens (primary N) is 1. The Morgan fingerprint density at radius 3 is 2.59 bits per heavy atom. The number of nitrogen functional groups attached to an aromatic ring is 1. The van der Waals surface area contributed by atoms with E-state index in [2.05, 4.69) is 20.6 Å². The van der Waals surface area contributed by atoms with Gasteiger partial charge < -0.3 is 16.4 Å². The number of aromatic nitrogens is 2. The van der Waals surface area contributed by atoms with E-state index >= 15 is 0 Å². The van der Waals surface area contributed by atoms with Gasteiger partial charge in [-0.05, 0) is 48.6 Å². The molecule has 2 fully saturated rings. The lowest BCUT2D eigenvalue weighted by Gasteiger charge is -2.18. The number of piperidine rings is 1. The fraction of sp³-hybridized carbons (Fsp3) is 0.292. The first-order valence-corrected chi connectivity index (χ1v) is 10.7. The zero-order valence-corrected chi connectivity index (χ0v) is 17.2. The van der Waals surface area contributed by atoms with Crippen molar-refractivity contribution >= 4 is 11.7 Å². The molecule has 6 nitrogen and oxygen atoms in total. The summed E-state index contributed by atoms with van der Waals surface area (Å²) >= 11 is 0. The fourth-order valence-electron chi connectivity index (χ4n) is 5.22. The Morgan fingerprint density at radius 1 is 1.06 bits per heavy atom. The average Bonchev–Trinajstić information content (AvgIpc) is 3.34. The quantitative estimate of drug-likeness (QED) is 0.591. The number of hydrogen-bond acceptors (Lipinski definition) is 5. The van der Waals surface area contributed by atoms with Gasteiger partial charge in [-0.25, -0.2) is 9.37 Å². The Bertz CT molecular complexity index is 1280. The summed E-state index contributed by atoms with van der Waals surface area (Å²) in [7, 11) is 0. The normalized spacial score (nSPS) is 23.4. The minimum Gasteiger partial charge on any atom is -0.382 e. The van der Waals surface area contributed by atoms with Gasteiger partial charge >= 0.3 is 0 Å². The Kier molecular flexibility index (Phi) is 4.10. The molecule has 2 aromatic carbocycles. The molecule has 32 heavy (non-hydrogen) atoms. The van der Waals surface area contributed by atoms with Crippen molar-refractivity contribution in [2.75, 3.05) is 25.4 Å². The molecule has 3 heterocycles.